The molecule has 5 heteroatoms. The van der Waals surface area contributed by atoms with Crippen LogP contribution in [0, 0.1) is 5.92 Å². The van der Waals surface area contributed by atoms with E-state index in [1.807, 2.05) is 6.92 Å². The van der Waals surface area contributed by atoms with Crippen molar-refractivity contribution in [2.45, 2.75) is 38.5 Å². The normalized spacial score (nSPS) is 26.5. The summed E-state index contributed by atoms with van der Waals surface area (Å²) in [5.74, 6) is 0.309. The summed E-state index contributed by atoms with van der Waals surface area (Å²) in [6.45, 7) is 5.39. The highest BCUT2D eigenvalue weighted by Crippen LogP contribution is 2.37. The number of hydrogen-bond donors (Lipinski definition) is 1. The second kappa shape index (κ2) is 5.74. The van der Waals surface area contributed by atoms with Gasteiger partial charge in [0.25, 0.3) is 0 Å². The molecule has 0 aliphatic carbocycles. The van der Waals surface area contributed by atoms with Gasteiger partial charge in [0.15, 0.2) is 0 Å². The molecule has 0 amide bonds. The molecule has 2 nitrogen and oxygen atoms in total. The van der Waals surface area contributed by atoms with Crippen molar-refractivity contribution in [3.05, 3.63) is 35.4 Å². The summed E-state index contributed by atoms with van der Waals surface area (Å²) in [6.07, 6.45) is -3.47. The Labute approximate surface area is 117 Å². The molecule has 0 bridgehead atoms. The quantitative estimate of drug-likeness (QED) is 0.902. The van der Waals surface area contributed by atoms with Gasteiger partial charge >= 0.3 is 6.18 Å². The monoisotopic (exact) mass is 286 g/mol. The van der Waals surface area contributed by atoms with E-state index in [0.29, 0.717) is 11.5 Å². The first kappa shape index (κ1) is 15.3. The van der Waals surface area contributed by atoms with E-state index in [9.17, 15) is 13.2 Å². The minimum Gasteiger partial charge on any atom is -0.327 e. The zero-order valence-electron chi connectivity index (χ0n) is 11.8. The van der Waals surface area contributed by atoms with E-state index in [1.54, 1.807) is 12.1 Å². The largest absolute Gasteiger partial charge is 0.416 e. The standard InChI is InChI=1S/C15H21F3N2/c1-10-9-20(8-7-14(10)19)11(2)12-5-3-4-6-13(12)15(16,17)18/h3-6,10-11,14H,7-9,19H2,1-2H3. The molecule has 1 aromatic rings. The van der Waals surface area contributed by atoms with Crippen molar-refractivity contribution in [3.63, 3.8) is 0 Å². The van der Waals surface area contributed by atoms with Gasteiger partial charge in [-0.25, -0.2) is 0 Å². The molecule has 1 saturated heterocycles. The van der Waals surface area contributed by atoms with Crippen LogP contribution >= 0.6 is 0 Å². The van der Waals surface area contributed by atoms with E-state index in [1.165, 1.54) is 6.07 Å². The highest BCUT2D eigenvalue weighted by atomic mass is 19.4. The predicted octanol–water partition coefficient (Wildman–Crippen LogP) is 3.44. The molecule has 1 aromatic carbocycles. The Balaban J connectivity index is 2.24. The van der Waals surface area contributed by atoms with Crippen molar-refractivity contribution < 1.29 is 13.2 Å². The average Bonchev–Trinajstić information content (AvgIpc) is 2.40. The van der Waals surface area contributed by atoms with Crippen molar-refractivity contribution in [1.82, 2.24) is 4.90 Å². The van der Waals surface area contributed by atoms with Crippen LogP contribution in [-0.2, 0) is 6.18 Å². The molecule has 3 unspecified atom stereocenters. The number of piperidine rings is 1. The lowest BCUT2D eigenvalue weighted by Gasteiger charge is -2.39. The van der Waals surface area contributed by atoms with E-state index in [2.05, 4.69) is 11.8 Å². The van der Waals surface area contributed by atoms with Gasteiger partial charge in [-0.1, -0.05) is 25.1 Å². The topological polar surface area (TPSA) is 29.3 Å². The molecular weight excluding hydrogens is 265 g/mol. The third-order valence-corrected chi connectivity index (χ3v) is 4.27. The molecule has 1 aliphatic heterocycles. The maximum absolute atomic E-state index is 13.1. The van der Waals surface area contributed by atoms with Crippen molar-refractivity contribution in [2.24, 2.45) is 11.7 Å². The lowest BCUT2D eigenvalue weighted by atomic mass is 9.91. The molecule has 2 rings (SSSR count). The molecule has 3 atom stereocenters. The summed E-state index contributed by atoms with van der Waals surface area (Å²) in [5.41, 5.74) is 5.79. The van der Waals surface area contributed by atoms with Crippen LogP contribution in [0.2, 0.25) is 0 Å². The molecule has 0 saturated carbocycles. The van der Waals surface area contributed by atoms with Gasteiger partial charge in [0.2, 0.25) is 0 Å². The second-order valence-electron chi connectivity index (χ2n) is 5.69. The van der Waals surface area contributed by atoms with Crippen LogP contribution < -0.4 is 5.73 Å². The van der Waals surface area contributed by atoms with Gasteiger partial charge in [-0.3, -0.25) is 4.90 Å². The Bertz CT molecular complexity index is 459. The lowest BCUT2D eigenvalue weighted by Crippen LogP contribution is -2.46. The number of nitrogens with zero attached hydrogens (tertiary/aromatic N) is 1. The fraction of sp³-hybridized carbons (Fsp3) is 0.600. The van der Waals surface area contributed by atoms with Gasteiger partial charge < -0.3 is 5.73 Å². The molecule has 1 heterocycles. The summed E-state index contributed by atoms with van der Waals surface area (Å²) < 4.78 is 39.2. The van der Waals surface area contributed by atoms with E-state index >= 15 is 0 Å². The SMILES string of the molecule is CC1CN(C(C)c2ccccc2C(F)(F)F)CCC1N. The van der Waals surface area contributed by atoms with E-state index in [-0.39, 0.29) is 12.1 Å². The molecule has 1 aliphatic rings. The summed E-state index contributed by atoms with van der Waals surface area (Å²) >= 11 is 0. The van der Waals surface area contributed by atoms with Gasteiger partial charge in [-0.05, 0) is 30.9 Å². The third-order valence-electron chi connectivity index (χ3n) is 4.27. The fourth-order valence-electron chi connectivity index (χ4n) is 2.86. The number of benzene rings is 1. The maximum Gasteiger partial charge on any atom is 0.416 e. The van der Waals surface area contributed by atoms with Crippen molar-refractivity contribution in [2.75, 3.05) is 13.1 Å². The molecule has 20 heavy (non-hydrogen) atoms. The Kier molecular flexibility index (Phi) is 4.39. The average molecular weight is 286 g/mol. The van der Waals surface area contributed by atoms with Gasteiger partial charge in [0.1, 0.15) is 0 Å². The molecule has 112 valence electrons. The van der Waals surface area contributed by atoms with Crippen LogP contribution in [-0.4, -0.2) is 24.0 Å². The van der Waals surface area contributed by atoms with E-state index in [0.717, 1.165) is 25.6 Å². The number of hydrogen-bond acceptors (Lipinski definition) is 2. The fourth-order valence-corrected chi connectivity index (χ4v) is 2.86. The number of nitrogens with two attached hydrogens (primary N) is 1. The number of rotatable bonds is 2. The van der Waals surface area contributed by atoms with Crippen LogP contribution in [0.4, 0.5) is 13.2 Å². The van der Waals surface area contributed by atoms with Crippen molar-refractivity contribution in [3.8, 4) is 0 Å². The summed E-state index contributed by atoms with van der Waals surface area (Å²) in [4.78, 5) is 2.10. The first-order valence-corrected chi connectivity index (χ1v) is 6.96. The van der Waals surface area contributed by atoms with Gasteiger partial charge in [0, 0.05) is 25.2 Å². The molecule has 0 aromatic heterocycles. The Morgan fingerprint density at radius 2 is 1.95 bits per heavy atom. The molecule has 0 radical (unpaired) electrons. The third kappa shape index (κ3) is 3.15. The minimum absolute atomic E-state index is 0.149. The maximum atomic E-state index is 13.1. The van der Waals surface area contributed by atoms with Crippen LogP contribution in [0.5, 0.6) is 0 Å². The lowest BCUT2D eigenvalue weighted by molar-refractivity contribution is -0.138. The Morgan fingerprint density at radius 1 is 1.30 bits per heavy atom. The predicted molar refractivity (Wildman–Crippen MR) is 73.2 cm³/mol. The summed E-state index contributed by atoms with van der Waals surface area (Å²) in [6, 6.07) is 5.74. The second-order valence-corrected chi connectivity index (χ2v) is 5.69. The smallest absolute Gasteiger partial charge is 0.327 e. The first-order valence-electron chi connectivity index (χ1n) is 6.96. The first-order chi connectivity index (χ1) is 9.30. The Hall–Kier alpha value is -1.07. The molecule has 2 N–H and O–H groups in total. The Morgan fingerprint density at radius 3 is 2.55 bits per heavy atom. The zero-order chi connectivity index (χ0) is 14.9. The molecule has 0 spiro atoms. The number of halogens is 3. The van der Waals surface area contributed by atoms with Gasteiger partial charge in [-0.2, -0.15) is 13.2 Å². The van der Waals surface area contributed by atoms with Crippen LogP contribution in [0.15, 0.2) is 24.3 Å². The van der Waals surface area contributed by atoms with Gasteiger partial charge in [-0.15, -0.1) is 0 Å². The van der Waals surface area contributed by atoms with Crippen molar-refractivity contribution in [1.29, 1.82) is 0 Å². The van der Waals surface area contributed by atoms with Crippen molar-refractivity contribution >= 4 is 0 Å². The highest BCUT2D eigenvalue weighted by molar-refractivity contribution is 5.32. The number of likely N-dealkylation sites (tertiary alicyclic amines) is 1. The summed E-state index contributed by atoms with van der Waals surface area (Å²) in [5, 5.41) is 0. The summed E-state index contributed by atoms with van der Waals surface area (Å²) in [7, 11) is 0. The van der Waals surface area contributed by atoms with Crippen LogP contribution in [0.25, 0.3) is 0 Å². The van der Waals surface area contributed by atoms with E-state index in [4.69, 9.17) is 5.73 Å². The van der Waals surface area contributed by atoms with Crippen LogP contribution in [0.1, 0.15) is 37.4 Å². The minimum atomic E-state index is -4.30. The number of alkyl halides is 3. The van der Waals surface area contributed by atoms with Crippen LogP contribution in [0.3, 0.4) is 0 Å². The zero-order valence-corrected chi connectivity index (χ0v) is 11.8. The molecular formula is C15H21F3N2. The molecule has 1 fully saturated rings. The van der Waals surface area contributed by atoms with Gasteiger partial charge in [0.05, 0.1) is 5.56 Å². The van der Waals surface area contributed by atoms with E-state index < -0.39 is 11.7 Å². The highest BCUT2D eigenvalue weighted by Gasteiger charge is 2.36.